The van der Waals surface area contributed by atoms with E-state index in [1.165, 1.54) is 12.1 Å². The predicted octanol–water partition coefficient (Wildman–Crippen LogP) is 6.59. The van der Waals surface area contributed by atoms with Crippen LogP contribution in [0.2, 0.25) is 5.02 Å². The smallest absolute Gasteiger partial charge is 0.336 e. The van der Waals surface area contributed by atoms with Crippen molar-refractivity contribution in [1.82, 2.24) is 5.32 Å². The van der Waals surface area contributed by atoms with Gasteiger partial charge in [-0.1, -0.05) is 48.0 Å². The quantitative estimate of drug-likeness (QED) is 0.321. The molecule has 1 atom stereocenters. The zero-order valence-corrected chi connectivity index (χ0v) is 22.5. The number of rotatable bonds is 8. The Morgan fingerprint density at radius 1 is 1.00 bits per heavy atom. The maximum absolute atomic E-state index is 13.7. The van der Waals surface area contributed by atoms with E-state index in [0.29, 0.717) is 51.8 Å². The van der Waals surface area contributed by atoms with E-state index in [1.807, 2.05) is 25.1 Å². The number of nitrogens with one attached hydrogen (secondary N) is 1. The molecule has 0 spiro atoms. The molecule has 0 fully saturated rings. The predicted molar refractivity (Wildman–Crippen MR) is 146 cm³/mol. The molecular formula is C31H27ClFNO5. The van der Waals surface area contributed by atoms with Crippen LogP contribution in [-0.2, 0) is 16.1 Å². The van der Waals surface area contributed by atoms with Gasteiger partial charge in [-0.15, -0.1) is 0 Å². The van der Waals surface area contributed by atoms with Gasteiger partial charge in [0.15, 0.2) is 17.3 Å². The van der Waals surface area contributed by atoms with Gasteiger partial charge in [0.1, 0.15) is 12.4 Å². The van der Waals surface area contributed by atoms with Crippen molar-refractivity contribution in [2.45, 2.75) is 33.3 Å². The van der Waals surface area contributed by atoms with Crippen LogP contribution in [0.15, 0.2) is 77.5 Å². The largest absolute Gasteiger partial charge is 0.490 e. The first-order valence-corrected chi connectivity index (χ1v) is 13.1. The summed E-state index contributed by atoms with van der Waals surface area (Å²) in [4.78, 5) is 26.9. The van der Waals surface area contributed by atoms with Crippen LogP contribution in [0.25, 0.3) is 5.70 Å². The van der Waals surface area contributed by atoms with Gasteiger partial charge in [0.05, 0.1) is 29.5 Å². The van der Waals surface area contributed by atoms with Crippen LogP contribution in [0, 0.1) is 5.82 Å². The first-order valence-electron chi connectivity index (χ1n) is 12.7. The number of ether oxygens (including phenoxy) is 3. The van der Waals surface area contributed by atoms with Gasteiger partial charge in [-0.2, -0.15) is 0 Å². The van der Waals surface area contributed by atoms with Crippen LogP contribution < -0.4 is 14.8 Å². The van der Waals surface area contributed by atoms with Crippen molar-refractivity contribution in [1.29, 1.82) is 0 Å². The molecular weight excluding hydrogens is 521 g/mol. The molecule has 2 aliphatic rings. The van der Waals surface area contributed by atoms with Crippen molar-refractivity contribution in [3.8, 4) is 11.5 Å². The third kappa shape index (κ3) is 4.90. The van der Waals surface area contributed by atoms with Crippen molar-refractivity contribution in [3.05, 3.63) is 111 Å². The highest BCUT2D eigenvalue weighted by molar-refractivity contribution is 6.32. The Labute approximate surface area is 231 Å². The Balaban J connectivity index is 1.61. The fourth-order valence-corrected chi connectivity index (χ4v) is 5.31. The van der Waals surface area contributed by atoms with E-state index in [0.717, 1.165) is 11.1 Å². The summed E-state index contributed by atoms with van der Waals surface area (Å²) in [5.74, 6) is -1.09. The molecule has 0 aromatic heterocycles. The second kappa shape index (κ2) is 10.9. The average Bonchev–Trinajstić information content (AvgIpc) is 3.20. The van der Waals surface area contributed by atoms with E-state index in [2.05, 4.69) is 5.32 Å². The first kappa shape index (κ1) is 26.5. The molecule has 1 N–H and O–H groups in total. The Bertz CT molecular complexity index is 1530. The number of carbonyl (C=O) groups is 2. The number of halogens is 2. The van der Waals surface area contributed by atoms with E-state index in [4.69, 9.17) is 25.8 Å². The van der Waals surface area contributed by atoms with E-state index in [-0.39, 0.29) is 29.8 Å². The molecule has 1 aliphatic heterocycles. The summed E-state index contributed by atoms with van der Waals surface area (Å²) in [5, 5.41) is 3.54. The third-order valence-electron chi connectivity index (χ3n) is 6.71. The first-order chi connectivity index (χ1) is 18.8. The molecule has 0 radical (unpaired) electrons. The summed E-state index contributed by atoms with van der Waals surface area (Å²) >= 11 is 6.76. The van der Waals surface area contributed by atoms with Crippen LogP contribution in [0.1, 0.15) is 53.7 Å². The molecule has 0 amide bonds. The normalized spacial score (nSPS) is 16.0. The number of esters is 1. The van der Waals surface area contributed by atoms with Crippen LogP contribution in [0.5, 0.6) is 11.5 Å². The van der Waals surface area contributed by atoms with Crippen molar-refractivity contribution in [2.75, 3.05) is 13.2 Å². The minimum atomic E-state index is -0.747. The monoisotopic (exact) mass is 547 g/mol. The summed E-state index contributed by atoms with van der Waals surface area (Å²) in [6, 6.07) is 16.8. The number of Topliss-reactive ketones (excluding diaryl/α,β-unsaturated/α-hetero) is 1. The van der Waals surface area contributed by atoms with Gasteiger partial charge < -0.3 is 19.5 Å². The number of hydrogen-bond acceptors (Lipinski definition) is 6. The number of hydrogen-bond donors (Lipinski definition) is 1. The van der Waals surface area contributed by atoms with Crippen molar-refractivity contribution in [2.24, 2.45) is 0 Å². The lowest BCUT2D eigenvalue weighted by atomic mass is 9.79. The van der Waals surface area contributed by atoms with Gasteiger partial charge in [-0.25, -0.2) is 9.18 Å². The molecule has 5 rings (SSSR count). The Kier molecular flexibility index (Phi) is 7.44. The summed E-state index contributed by atoms with van der Waals surface area (Å²) < 4.78 is 30.6. The summed E-state index contributed by atoms with van der Waals surface area (Å²) in [7, 11) is 0. The molecule has 1 aliphatic carbocycles. The van der Waals surface area contributed by atoms with Gasteiger partial charge in [-0.3, -0.25) is 4.79 Å². The Morgan fingerprint density at radius 3 is 2.41 bits per heavy atom. The highest BCUT2D eigenvalue weighted by Crippen LogP contribution is 2.49. The molecule has 6 nitrogen and oxygen atoms in total. The molecule has 0 unspecified atom stereocenters. The summed E-state index contributed by atoms with van der Waals surface area (Å²) in [6.45, 7) is 6.02. The fourth-order valence-electron chi connectivity index (χ4n) is 5.04. The molecule has 200 valence electrons. The molecule has 1 heterocycles. The van der Waals surface area contributed by atoms with Crippen LogP contribution in [0.4, 0.5) is 4.39 Å². The van der Waals surface area contributed by atoms with Crippen LogP contribution >= 0.6 is 11.6 Å². The Morgan fingerprint density at radius 2 is 1.72 bits per heavy atom. The minimum Gasteiger partial charge on any atom is -0.490 e. The molecule has 3 aromatic carbocycles. The second-order valence-electron chi connectivity index (χ2n) is 9.16. The topological polar surface area (TPSA) is 73.9 Å². The number of fused-ring (bicyclic) bond motifs is 2. The molecule has 39 heavy (non-hydrogen) atoms. The second-order valence-corrected chi connectivity index (χ2v) is 9.57. The molecule has 0 saturated heterocycles. The van der Waals surface area contributed by atoms with Crippen molar-refractivity contribution >= 4 is 29.1 Å². The fraction of sp³-hybridized carbons (Fsp3) is 0.226. The lowest BCUT2D eigenvalue weighted by Crippen LogP contribution is -2.29. The van der Waals surface area contributed by atoms with Gasteiger partial charge in [-0.05, 0) is 56.2 Å². The standard InChI is InChI=1S/C31H27ClFNO5/c1-4-37-24-15-19(14-23(32)30(24)39-16-18-10-12-20(33)13-11-18)26-25(31(36)38-5-2)17(3)34-28-21-8-6-7-9-22(21)29(35)27(26)28/h6-15,26,34H,4-5,16H2,1-3H3/t26-/m1/s1. The summed E-state index contributed by atoms with van der Waals surface area (Å²) in [6.07, 6.45) is 0. The van der Waals surface area contributed by atoms with E-state index < -0.39 is 11.9 Å². The van der Waals surface area contributed by atoms with Gasteiger partial charge >= 0.3 is 5.97 Å². The van der Waals surface area contributed by atoms with Gasteiger partial charge in [0, 0.05) is 28.3 Å². The molecule has 8 heteroatoms. The lowest BCUT2D eigenvalue weighted by Gasteiger charge is -2.30. The molecule has 0 saturated carbocycles. The van der Waals surface area contributed by atoms with Gasteiger partial charge in [0.25, 0.3) is 0 Å². The molecule has 3 aromatic rings. The number of allylic oxidation sites excluding steroid dienone is 2. The highest BCUT2D eigenvalue weighted by Gasteiger charge is 2.43. The third-order valence-corrected chi connectivity index (χ3v) is 6.99. The van der Waals surface area contributed by atoms with Crippen LogP contribution in [0.3, 0.4) is 0 Å². The van der Waals surface area contributed by atoms with Gasteiger partial charge in [0.2, 0.25) is 0 Å². The maximum atomic E-state index is 13.7. The number of benzene rings is 3. The SMILES string of the molecule is CCOC(=O)C1=C(C)NC2=C(C(=O)c3ccccc32)[C@@H]1c1cc(Cl)c(OCc2ccc(F)cc2)c(OCC)c1. The molecule has 0 bridgehead atoms. The zero-order chi connectivity index (χ0) is 27.7. The highest BCUT2D eigenvalue weighted by atomic mass is 35.5. The summed E-state index contributed by atoms with van der Waals surface area (Å²) in [5.41, 5.74) is 4.72. The lowest BCUT2D eigenvalue weighted by molar-refractivity contribution is -0.138. The van der Waals surface area contributed by atoms with E-state index >= 15 is 0 Å². The van der Waals surface area contributed by atoms with E-state index in [9.17, 15) is 14.0 Å². The minimum absolute atomic E-state index is 0.142. The van der Waals surface area contributed by atoms with E-state index in [1.54, 1.807) is 44.2 Å². The van der Waals surface area contributed by atoms with Crippen molar-refractivity contribution in [3.63, 3.8) is 0 Å². The number of carbonyl (C=O) groups excluding carboxylic acids is 2. The number of dihydropyridines is 1. The Hall–Kier alpha value is -4.10. The zero-order valence-electron chi connectivity index (χ0n) is 21.8. The maximum Gasteiger partial charge on any atom is 0.336 e. The van der Waals surface area contributed by atoms with Crippen LogP contribution in [-0.4, -0.2) is 25.0 Å². The number of ketones is 1. The van der Waals surface area contributed by atoms with Crippen molar-refractivity contribution < 1.29 is 28.2 Å². The average molecular weight is 548 g/mol.